The third-order valence-corrected chi connectivity index (χ3v) is 3.61. The zero-order valence-corrected chi connectivity index (χ0v) is 17.8. The van der Waals surface area contributed by atoms with Crippen LogP contribution in [0.15, 0.2) is 42.7 Å². The van der Waals surface area contributed by atoms with E-state index in [0.29, 0.717) is 11.4 Å². The van der Waals surface area contributed by atoms with Gasteiger partial charge in [0.15, 0.2) is 0 Å². The molecule has 0 aliphatic carbocycles. The first-order valence-corrected chi connectivity index (χ1v) is 9.00. The molecule has 0 radical (unpaired) electrons. The second kappa shape index (κ2) is 11.7. The maximum atomic E-state index is 11.9. The number of hydrogen-bond acceptors (Lipinski definition) is 6. The van der Waals surface area contributed by atoms with Crippen LogP contribution in [0.5, 0.6) is 0 Å². The zero-order valence-electron chi connectivity index (χ0n) is 17.8. The number of carboxylic acid groups (broad SMARTS) is 2. The molecule has 3 aromatic rings. The standard InChI is InChI=1S/C15H15N5O.2C2HF3O2/c1-20(2)15(21)10-5-6-16-14(8-10)18-12-3-4-13-11(7-12)9-17-19-13;2*3-2(4,5)1(6)7/h3-9H,1-2H3,(H,16,18)(H,17,19);2*(H,6,7). The summed E-state index contributed by atoms with van der Waals surface area (Å²) in [5, 5.41) is 25.4. The van der Waals surface area contributed by atoms with Gasteiger partial charge in [-0.15, -0.1) is 0 Å². The number of carbonyl (C=O) groups excluding carboxylic acids is 1. The Morgan fingerprint density at radius 3 is 1.97 bits per heavy atom. The SMILES string of the molecule is CN(C)C(=O)c1ccnc(Nc2ccc3[nH]ncc3c2)c1.O=C(O)C(F)(F)F.O=C(O)C(F)(F)F. The van der Waals surface area contributed by atoms with Gasteiger partial charge in [-0.05, 0) is 30.3 Å². The third kappa shape index (κ3) is 9.56. The summed E-state index contributed by atoms with van der Waals surface area (Å²) in [7, 11) is 3.45. The van der Waals surface area contributed by atoms with Crippen LogP contribution < -0.4 is 5.32 Å². The molecular weight excluding hydrogens is 492 g/mol. The molecule has 0 saturated carbocycles. The molecule has 1 aromatic carbocycles. The van der Waals surface area contributed by atoms with E-state index in [1.54, 1.807) is 38.6 Å². The fourth-order valence-corrected chi connectivity index (χ4v) is 2.06. The van der Waals surface area contributed by atoms with Gasteiger partial charge < -0.3 is 20.4 Å². The van der Waals surface area contributed by atoms with Crippen LogP contribution >= 0.6 is 0 Å². The van der Waals surface area contributed by atoms with E-state index < -0.39 is 24.3 Å². The summed E-state index contributed by atoms with van der Waals surface area (Å²) in [5.74, 6) is -4.93. The van der Waals surface area contributed by atoms with Crippen molar-refractivity contribution in [2.75, 3.05) is 19.4 Å². The highest BCUT2D eigenvalue weighted by molar-refractivity contribution is 5.94. The second-order valence-corrected chi connectivity index (χ2v) is 6.53. The predicted octanol–water partition coefficient (Wildman–Crippen LogP) is 3.67. The van der Waals surface area contributed by atoms with Crippen LogP contribution in [0.1, 0.15) is 10.4 Å². The number of carboxylic acids is 2. The lowest BCUT2D eigenvalue weighted by Crippen LogP contribution is -2.21. The van der Waals surface area contributed by atoms with E-state index in [2.05, 4.69) is 20.5 Å². The molecule has 2 aromatic heterocycles. The van der Waals surface area contributed by atoms with Crippen LogP contribution in [0.3, 0.4) is 0 Å². The van der Waals surface area contributed by atoms with Gasteiger partial charge in [-0.25, -0.2) is 14.6 Å². The summed E-state index contributed by atoms with van der Waals surface area (Å²) in [6.07, 6.45) is -6.78. The summed E-state index contributed by atoms with van der Waals surface area (Å²) in [6, 6.07) is 9.29. The highest BCUT2D eigenvalue weighted by atomic mass is 19.4. The maximum Gasteiger partial charge on any atom is 0.490 e. The van der Waals surface area contributed by atoms with Crippen molar-refractivity contribution in [1.82, 2.24) is 20.1 Å². The van der Waals surface area contributed by atoms with E-state index >= 15 is 0 Å². The highest BCUT2D eigenvalue weighted by Gasteiger charge is 2.38. The third-order valence-electron chi connectivity index (χ3n) is 3.61. The maximum absolute atomic E-state index is 11.9. The molecule has 0 unspecified atom stereocenters. The Labute approximate surface area is 192 Å². The molecule has 1 amide bonds. The quantitative estimate of drug-likeness (QED) is 0.391. The van der Waals surface area contributed by atoms with Gasteiger partial charge in [0.2, 0.25) is 0 Å². The summed E-state index contributed by atoms with van der Waals surface area (Å²) >= 11 is 0. The number of nitrogens with one attached hydrogen (secondary N) is 2. The number of H-pyrrole nitrogens is 1. The Balaban J connectivity index is 0.000000362. The van der Waals surface area contributed by atoms with Crippen molar-refractivity contribution >= 4 is 40.3 Å². The molecule has 2 heterocycles. The minimum Gasteiger partial charge on any atom is -0.475 e. The van der Waals surface area contributed by atoms with Gasteiger partial charge in [0, 0.05) is 36.9 Å². The lowest BCUT2D eigenvalue weighted by atomic mass is 10.2. The van der Waals surface area contributed by atoms with E-state index in [1.807, 2.05) is 18.2 Å². The highest BCUT2D eigenvalue weighted by Crippen LogP contribution is 2.20. The largest absolute Gasteiger partial charge is 0.490 e. The molecule has 0 spiro atoms. The smallest absolute Gasteiger partial charge is 0.475 e. The van der Waals surface area contributed by atoms with Gasteiger partial charge >= 0.3 is 24.3 Å². The van der Waals surface area contributed by atoms with Gasteiger partial charge in [0.25, 0.3) is 5.91 Å². The first-order valence-electron chi connectivity index (χ1n) is 9.00. The number of amides is 1. The Morgan fingerprint density at radius 2 is 1.49 bits per heavy atom. The average molecular weight is 509 g/mol. The first kappa shape index (κ1) is 28.7. The Kier molecular flexibility index (Phi) is 9.55. The van der Waals surface area contributed by atoms with E-state index in [4.69, 9.17) is 19.8 Å². The molecule has 0 saturated heterocycles. The lowest BCUT2D eigenvalue weighted by Gasteiger charge is -2.11. The van der Waals surface area contributed by atoms with Gasteiger partial charge in [-0.1, -0.05) is 0 Å². The summed E-state index contributed by atoms with van der Waals surface area (Å²) in [5.41, 5.74) is 2.47. The number of benzene rings is 1. The van der Waals surface area contributed by atoms with Crippen molar-refractivity contribution in [3.63, 3.8) is 0 Å². The molecule has 3 rings (SSSR count). The Bertz CT molecular complexity index is 1150. The molecule has 10 nitrogen and oxygen atoms in total. The van der Waals surface area contributed by atoms with Gasteiger partial charge in [0.1, 0.15) is 5.82 Å². The summed E-state index contributed by atoms with van der Waals surface area (Å²) in [4.78, 5) is 35.5. The number of aromatic nitrogens is 3. The number of nitrogens with zero attached hydrogens (tertiary/aromatic N) is 3. The molecular formula is C19H17F6N5O5. The van der Waals surface area contributed by atoms with Crippen LogP contribution in [-0.2, 0) is 9.59 Å². The van der Waals surface area contributed by atoms with E-state index in [0.717, 1.165) is 16.6 Å². The topological polar surface area (TPSA) is 149 Å². The Morgan fingerprint density at radius 1 is 0.943 bits per heavy atom. The van der Waals surface area contributed by atoms with Crippen molar-refractivity contribution in [2.24, 2.45) is 0 Å². The average Bonchev–Trinajstić information content (AvgIpc) is 3.20. The normalized spacial score (nSPS) is 10.9. The van der Waals surface area contributed by atoms with E-state index in [9.17, 15) is 31.1 Å². The number of hydrogen-bond donors (Lipinski definition) is 4. The number of carbonyl (C=O) groups is 3. The minimum absolute atomic E-state index is 0.0502. The fourth-order valence-electron chi connectivity index (χ4n) is 2.06. The molecule has 0 aliphatic rings. The van der Waals surface area contributed by atoms with Crippen molar-refractivity contribution in [1.29, 1.82) is 0 Å². The fraction of sp³-hybridized carbons (Fsp3) is 0.211. The number of aliphatic carboxylic acids is 2. The monoisotopic (exact) mass is 509 g/mol. The molecule has 35 heavy (non-hydrogen) atoms. The van der Waals surface area contributed by atoms with Crippen molar-refractivity contribution in [3.05, 3.63) is 48.3 Å². The van der Waals surface area contributed by atoms with Gasteiger partial charge in [0.05, 0.1) is 11.7 Å². The van der Waals surface area contributed by atoms with Crippen LogP contribution in [-0.4, -0.2) is 74.6 Å². The molecule has 0 fully saturated rings. The van der Waals surface area contributed by atoms with Crippen LogP contribution in [0, 0.1) is 0 Å². The minimum atomic E-state index is -5.08. The lowest BCUT2D eigenvalue weighted by molar-refractivity contribution is -0.193. The number of halogens is 6. The van der Waals surface area contributed by atoms with Gasteiger partial charge in [-0.3, -0.25) is 9.89 Å². The van der Waals surface area contributed by atoms with Crippen molar-refractivity contribution in [3.8, 4) is 0 Å². The molecule has 190 valence electrons. The number of aromatic amines is 1. The molecule has 0 atom stereocenters. The predicted molar refractivity (Wildman–Crippen MR) is 109 cm³/mol. The molecule has 0 aliphatic heterocycles. The second-order valence-electron chi connectivity index (χ2n) is 6.53. The first-order chi connectivity index (χ1) is 16.0. The molecule has 0 bridgehead atoms. The van der Waals surface area contributed by atoms with Crippen molar-refractivity contribution in [2.45, 2.75) is 12.4 Å². The van der Waals surface area contributed by atoms with Crippen LogP contribution in [0.2, 0.25) is 0 Å². The summed E-state index contributed by atoms with van der Waals surface area (Å²) < 4.78 is 63.5. The summed E-state index contributed by atoms with van der Waals surface area (Å²) in [6.45, 7) is 0. The number of rotatable bonds is 3. The number of pyridine rings is 1. The van der Waals surface area contributed by atoms with Gasteiger partial charge in [-0.2, -0.15) is 31.4 Å². The number of fused-ring (bicyclic) bond motifs is 1. The van der Waals surface area contributed by atoms with E-state index in [1.165, 1.54) is 4.90 Å². The number of anilines is 2. The number of alkyl halides is 6. The zero-order chi connectivity index (χ0) is 27.0. The van der Waals surface area contributed by atoms with Crippen LogP contribution in [0.25, 0.3) is 10.9 Å². The van der Waals surface area contributed by atoms with E-state index in [-0.39, 0.29) is 5.91 Å². The van der Waals surface area contributed by atoms with Crippen molar-refractivity contribution < 1.29 is 50.9 Å². The van der Waals surface area contributed by atoms with Crippen LogP contribution in [0.4, 0.5) is 37.8 Å². The molecule has 4 N–H and O–H groups in total. The Hall–Kier alpha value is -4.37. The molecule has 16 heteroatoms.